The van der Waals surface area contributed by atoms with Crippen LogP contribution in [0.5, 0.6) is 0 Å². The van der Waals surface area contributed by atoms with Crippen LogP contribution in [0, 0.1) is 17.5 Å². The lowest BCUT2D eigenvalue weighted by atomic mass is 9.97. The summed E-state index contributed by atoms with van der Waals surface area (Å²) in [4.78, 5) is 0.545. The molecule has 0 amide bonds. The van der Waals surface area contributed by atoms with Gasteiger partial charge in [-0.1, -0.05) is 12.1 Å². The molecule has 0 bridgehead atoms. The summed E-state index contributed by atoms with van der Waals surface area (Å²) in [6.45, 7) is 0. The summed E-state index contributed by atoms with van der Waals surface area (Å²) in [5.74, 6) is -2.15. The first-order chi connectivity index (χ1) is 9.08. The molecule has 0 fully saturated rings. The maximum absolute atomic E-state index is 13.8. The number of aliphatic hydroxyl groups excluding tert-OH is 1. The first-order valence-corrected chi connectivity index (χ1v) is 6.63. The van der Waals surface area contributed by atoms with Crippen LogP contribution in [0.15, 0.2) is 35.2 Å². The van der Waals surface area contributed by atoms with Gasteiger partial charge in [0.1, 0.15) is 11.9 Å². The minimum atomic E-state index is -1.07. The molecule has 0 spiro atoms. The van der Waals surface area contributed by atoms with Gasteiger partial charge in [0.15, 0.2) is 11.6 Å². The van der Waals surface area contributed by atoms with E-state index in [-0.39, 0.29) is 11.3 Å². The highest BCUT2D eigenvalue weighted by Crippen LogP contribution is 2.40. The number of halogens is 3. The Morgan fingerprint density at radius 1 is 1.05 bits per heavy atom. The maximum Gasteiger partial charge on any atom is 0.163 e. The van der Waals surface area contributed by atoms with E-state index in [1.54, 1.807) is 0 Å². The van der Waals surface area contributed by atoms with Crippen molar-refractivity contribution in [2.24, 2.45) is 0 Å². The Balaban J connectivity index is 2.19. The standard InChI is InChI=1S/C14H9F3OS/c15-7-1-2-9-12(5-7)19-6-10-8(14(9)18)3-4-11(16)13(10)17/h1-5,14,18H,6H2. The van der Waals surface area contributed by atoms with E-state index in [4.69, 9.17) is 0 Å². The van der Waals surface area contributed by atoms with Gasteiger partial charge in [0.25, 0.3) is 0 Å². The van der Waals surface area contributed by atoms with E-state index in [9.17, 15) is 18.3 Å². The van der Waals surface area contributed by atoms with E-state index in [0.717, 1.165) is 6.07 Å². The van der Waals surface area contributed by atoms with E-state index in [1.165, 1.54) is 36.0 Å². The summed E-state index contributed by atoms with van der Waals surface area (Å²) < 4.78 is 40.2. The lowest BCUT2D eigenvalue weighted by Gasteiger charge is -2.14. The van der Waals surface area contributed by atoms with Gasteiger partial charge in [0.2, 0.25) is 0 Å². The Morgan fingerprint density at radius 3 is 2.58 bits per heavy atom. The summed E-state index contributed by atoms with van der Waals surface area (Å²) in [7, 11) is 0. The van der Waals surface area contributed by atoms with E-state index < -0.39 is 23.6 Å². The molecule has 1 heterocycles. The molecule has 1 unspecified atom stereocenters. The molecule has 19 heavy (non-hydrogen) atoms. The van der Waals surface area contributed by atoms with Crippen molar-refractivity contribution >= 4 is 11.8 Å². The third kappa shape index (κ3) is 2.03. The minimum absolute atomic E-state index is 0.133. The summed E-state index contributed by atoms with van der Waals surface area (Å²) in [5, 5.41) is 10.3. The number of aliphatic hydroxyl groups is 1. The molecule has 0 saturated heterocycles. The minimum Gasteiger partial charge on any atom is -0.384 e. The van der Waals surface area contributed by atoms with Crippen molar-refractivity contribution in [2.45, 2.75) is 16.8 Å². The largest absolute Gasteiger partial charge is 0.384 e. The van der Waals surface area contributed by atoms with Crippen LogP contribution < -0.4 is 0 Å². The highest BCUT2D eigenvalue weighted by molar-refractivity contribution is 7.98. The molecule has 1 atom stereocenters. The molecule has 0 aromatic heterocycles. The Kier molecular flexibility index (Phi) is 3.03. The number of benzene rings is 2. The monoisotopic (exact) mass is 282 g/mol. The predicted octanol–water partition coefficient (Wildman–Crippen LogP) is 3.79. The van der Waals surface area contributed by atoms with Crippen molar-refractivity contribution < 1.29 is 18.3 Å². The molecular weight excluding hydrogens is 273 g/mol. The molecule has 1 nitrogen and oxygen atoms in total. The van der Waals surface area contributed by atoms with E-state index >= 15 is 0 Å². The fourth-order valence-corrected chi connectivity index (χ4v) is 3.32. The van der Waals surface area contributed by atoms with Gasteiger partial charge in [-0.15, -0.1) is 11.8 Å². The lowest BCUT2D eigenvalue weighted by Crippen LogP contribution is -2.05. The predicted molar refractivity (Wildman–Crippen MR) is 66.4 cm³/mol. The van der Waals surface area contributed by atoms with Crippen LogP contribution in [-0.2, 0) is 5.75 Å². The van der Waals surface area contributed by atoms with Gasteiger partial charge in [0, 0.05) is 16.2 Å². The van der Waals surface area contributed by atoms with Gasteiger partial charge in [-0.05, 0) is 29.3 Å². The molecule has 1 aliphatic rings. The number of hydrogen-bond donors (Lipinski definition) is 1. The topological polar surface area (TPSA) is 20.2 Å². The zero-order chi connectivity index (χ0) is 13.6. The fourth-order valence-electron chi connectivity index (χ4n) is 2.19. The van der Waals surface area contributed by atoms with Gasteiger partial charge in [0.05, 0.1) is 0 Å². The van der Waals surface area contributed by atoms with Gasteiger partial charge in [-0.3, -0.25) is 0 Å². The Morgan fingerprint density at radius 2 is 1.79 bits per heavy atom. The third-order valence-electron chi connectivity index (χ3n) is 3.17. The van der Waals surface area contributed by atoms with E-state index in [2.05, 4.69) is 0 Å². The van der Waals surface area contributed by atoms with Crippen LogP contribution in [-0.4, -0.2) is 5.11 Å². The molecule has 2 aromatic rings. The van der Waals surface area contributed by atoms with Crippen LogP contribution in [0.2, 0.25) is 0 Å². The molecule has 2 aromatic carbocycles. The normalized spacial score (nSPS) is 17.6. The molecule has 1 N–H and O–H groups in total. The van der Waals surface area contributed by atoms with Crippen molar-refractivity contribution in [3.8, 4) is 0 Å². The zero-order valence-corrected chi connectivity index (χ0v) is 10.5. The lowest BCUT2D eigenvalue weighted by molar-refractivity contribution is 0.216. The van der Waals surface area contributed by atoms with Crippen LogP contribution in [0.25, 0.3) is 0 Å². The maximum atomic E-state index is 13.8. The molecule has 0 saturated carbocycles. The molecule has 3 rings (SSSR count). The molecule has 98 valence electrons. The molecular formula is C14H9F3OS. The Labute approximate surface area is 112 Å². The van der Waals surface area contributed by atoms with Gasteiger partial charge in [-0.25, -0.2) is 13.2 Å². The van der Waals surface area contributed by atoms with Gasteiger partial charge >= 0.3 is 0 Å². The van der Waals surface area contributed by atoms with Crippen LogP contribution in [0.3, 0.4) is 0 Å². The molecule has 5 heteroatoms. The Bertz CT molecular complexity index is 657. The van der Waals surface area contributed by atoms with Gasteiger partial charge < -0.3 is 5.11 Å². The van der Waals surface area contributed by atoms with Crippen molar-refractivity contribution in [3.05, 3.63) is 64.5 Å². The zero-order valence-electron chi connectivity index (χ0n) is 9.66. The average molecular weight is 282 g/mol. The average Bonchev–Trinajstić information content (AvgIpc) is 2.52. The quantitative estimate of drug-likeness (QED) is 0.793. The second-order valence-electron chi connectivity index (χ2n) is 4.30. The number of thioether (sulfide) groups is 1. The van der Waals surface area contributed by atoms with Crippen molar-refractivity contribution in [3.63, 3.8) is 0 Å². The SMILES string of the molecule is OC1c2ccc(F)cc2SCc2c1ccc(F)c2F. The van der Waals surface area contributed by atoms with Crippen molar-refractivity contribution in [1.29, 1.82) is 0 Å². The van der Waals surface area contributed by atoms with E-state index in [0.29, 0.717) is 16.0 Å². The first-order valence-electron chi connectivity index (χ1n) is 5.65. The number of hydrogen-bond acceptors (Lipinski definition) is 2. The second kappa shape index (κ2) is 4.58. The summed E-state index contributed by atoms with van der Waals surface area (Å²) >= 11 is 1.19. The third-order valence-corrected chi connectivity index (χ3v) is 4.27. The molecule has 1 aliphatic heterocycles. The summed E-state index contributed by atoms with van der Waals surface area (Å²) in [6, 6.07) is 6.38. The second-order valence-corrected chi connectivity index (χ2v) is 5.32. The van der Waals surface area contributed by atoms with Crippen molar-refractivity contribution in [2.75, 3.05) is 0 Å². The summed E-state index contributed by atoms with van der Waals surface area (Å²) in [6.07, 6.45) is -1.07. The molecule has 0 aliphatic carbocycles. The van der Waals surface area contributed by atoms with Crippen molar-refractivity contribution in [1.82, 2.24) is 0 Å². The highest BCUT2D eigenvalue weighted by Gasteiger charge is 2.25. The first kappa shape index (κ1) is 12.6. The van der Waals surface area contributed by atoms with E-state index in [1.807, 2.05) is 0 Å². The van der Waals surface area contributed by atoms with Crippen LogP contribution in [0.4, 0.5) is 13.2 Å². The van der Waals surface area contributed by atoms with Gasteiger partial charge in [-0.2, -0.15) is 0 Å². The van der Waals surface area contributed by atoms with Crippen LogP contribution in [0.1, 0.15) is 22.8 Å². The molecule has 0 radical (unpaired) electrons. The van der Waals surface area contributed by atoms with Crippen LogP contribution >= 0.6 is 11.8 Å². The summed E-state index contributed by atoms with van der Waals surface area (Å²) in [5.41, 5.74) is 0.974. The fraction of sp³-hybridized carbons (Fsp3) is 0.143. The smallest absolute Gasteiger partial charge is 0.163 e. The number of fused-ring (bicyclic) bond motifs is 2. The Hall–Kier alpha value is -1.46. The number of rotatable bonds is 0. The highest BCUT2D eigenvalue weighted by atomic mass is 32.2.